The Bertz CT molecular complexity index is 1220. The van der Waals surface area contributed by atoms with Crippen LogP contribution in [0, 0.1) is 0 Å². The van der Waals surface area contributed by atoms with E-state index < -0.39 is 59.4 Å². The summed E-state index contributed by atoms with van der Waals surface area (Å²) in [4.78, 5) is 23.8. The zero-order valence-corrected chi connectivity index (χ0v) is 16.2. The lowest BCUT2D eigenvalue weighted by atomic mass is 9.99. The van der Waals surface area contributed by atoms with Gasteiger partial charge in [-0.05, 0) is 0 Å². The minimum absolute atomic E-state index is 0.164. The molecule has 2 heterocycles. The van der Waals surface area contributed by atoms with E-state index in [1.807, 2.05) is 0 Å². The van der Waals surface area contributed by atoms with Crippen LogP contribution in [0.15, 0.2) is 51.7 Å². The summed E-state index contributed by atoms with van der Waals surface area (Å²) < 4.78 is 16.0. The molecule has 0 radical (unpaired) electrons. The van der Waals surface area contributed by atoms with Crippen LogP contribution in [-0.2, 0) is 9.53 Å². The summed E-state index contributed by atoms with van der Waals surface area (Å²) in [6.45, 7) is 0. The highest BCUT2D eigenvalue weighted by molar-refractivity contribution is 5.89. The zero-order chi connectivity index (χ0) is 23.2. The van der Waals surface area contributed by atoms with Crippen molar-refractivity contribution >= 4 is 16.9 Å². The number of carboxylic acids is 1. The van der Waals surface area contributed by atoms with Crippen molar-refractivity contribution in [2.24, 2.45) is 0 Å². The molecule has 0 aliphatic carbocycles. The molecule has 168 valence electrons. The maximum Gasteiger partial charge on any atom is 0.335 e. The number of aromatic hydroxyl groups is 2. The van der Waals surface area contributed by atoms with Crippen molar-refractivity contribution in [3.05, 3.63) is 52.7 Å². The van der Waals surface area contributed by atoms with E-state index in [2.05, 4.69) is 0 Å². The van der Waals surface area contributed by atoms with Gasteiger partial charge in [0.1, 0.15) is 35.0 Å². The van der Waals surface area contributed by atoms with Crippen LogP contribution in [-0.4, -0.2) is 67.3 Å². The van der Waals surface area contributed by atoms with E-state index in [0.29, 0.717) is 5.56 Å². The topological polar surface area (TPSA) is 187 Å². The molecule has 1 aliphatic rings. The van der Waals surface area contributed by atoms with Gasteiger partial charge < -0.3 is 44.5 Å². The molecule has 0 bridgehead atoms. The normalized spacial score (nSPS) is 25.5. The van der Waals surface area contributed by atoms with Crippen LogP contribution in [0.1, 0.15) is 0 Å². The number of phenols is 2. The average molecular weight is 446 g/mol. The molecule has 1 aliphatic heterocycles. The number of carboxylic acid groups (broad SMARTS) is 1. The van der Waals surface area contributed by atoms with E-state index >= 15 is 0 Å². The van der Waals surface area contributed by atoms with Gasteiger partial charge in [-0.2, -0.15) is 0 Å². The van der Waals surface area contributed by atoms with Gasteiger partial charge in [0, 0.05) is 17.7 Å². The van der Waals surface area contributed by atoms with Gasteiger partial charge in [-0.25, -0.2) is 4.79 Å². The van der Waals surface area contributed by atoms with Gasteiger partial charge in [0.05, 0.1) is 0 Å². The van der Waals surface area contributed by atoms with E-state index in [1.165, 1.54) is 0 Å². The van der Waals surface area contributed by atoms with Crippen LogP contribution in [0.4, 0.5) is 0 Å². The molecule has 32 heavy (non-hydrogen) atoms. The number of fused-ring (bicyclic) bond motifs is 1. The van der Waals surface area contributed by atoms with E-state index in [0.717, 1.165) is 12.1 Å². The summed E-state index contributed by atoms with van der Waals surface area (Å²) in [5.74, 6) is -3.76. The second-order valence-electron chi connectivity index (χ2n) is 7.14. The number of hydrogen-bond acceptors (Lipinski definition) is 10. The summed E-state index contributed by atoms with van der Waals surface area (Å²) in [5, 5.41) is 59.2. The molecule has 1 saturated heterocycles. The van der Waals surface area contributed by atoms with Crippen LogP contribution in [0.2, 0.25) is 0 Å². The molecule has 0 spiro atoms. The summed E-state index contributed by atoms with van der Waals surface area (Å²) in [7, 11) is 0. The third kappa shape index (κ3) is 3.63. The van der Waals surface area contributed by atoms with Crippen LogP contribution >= 0.6 is 0 Å². The van der Waals surface area contributed by atoms with Crippen molar-refractivity contribution < 1.29 is 49.3 Å². The summed E-state index contributed by atoms with van der Waals surface area (Å²) in [5.41, 5.74) is -0.265. The number of carbonyl (C=O) groups is 1. The van der Waals surface area contributed by atoms with Gasteiger partial charge >= 0.3 is 5.97 Å². The number of ether oxygens (including phenoxy) is 2. The molecule has 0 unspecified atom stereocenters. The molecule has 3 aromatic rings. The quantitative estimate of drug-likeness (QED) is 0.299. The fraction of sp³-hybridized carbons (Fsp3) is 0.238. The van der Waals surface area contributed by atoms with Crippen LogP contribution in [0.5, 0.6) is 17.2 Å². The van der Waals surface area contributed by atoms with Crippen LogP contribution < -0.4 is 10.2 Å². The highest BCUT2D eigenvalue weighted by atomic mass is 16.7. The van der Waals surface area contributed by atoms with Gasteiger partial charge in [-0.3, -0.25) is 4.79 Å². The van der Waals surface area contributed by atoms with Crippen LogP contribution in [0.25, 0.3) is 22.3 Å². The number of aliphatic hydroxyl groups is 3. The lowest BCUT2D eigenvalue weighted by Gasteiger charge is -2.38. The molecule has 0 saturated carbocycles. The largest absolute Gasteiger partial charge is 0.504 e. The van der Waals surface area contributed by atoms with Gasteiger partial charge in [-0.15, -0.1) is 0 Å². The number of rotatable bonds is 4. The Labute approximate surface area is 178 Å². The summed E-state index contributed by atoms with van der Waals surface area (Å²) in [6.07, 6.45) is -9.56. The first-order valence-corrected chi connectivity index (χ1v) is 9.36. The summed E-state index contributed by atoms with van der Waals surface area (Å²) in [6, 6.07) is 10.8. The van der Waals surface area contributed by atoms with Crippen molar-refractivity contribution in [2.45, 2.75) is 30.7 Å². The molecule has 1 aromatic heterocycles. The Morgan fingerprint density at radius 1 is 0.938 bits per heavy atom. The monoisotopic (exact) mass is 446 g/mol. The van der Waals surface area contributed by atoms with E-state index in [9.17, 15) is 35.1 Å². The number of aliphatic hydroxyl groups excluding tert-OH is 3. The average Bonchev–Trinajstić information content (AvgIpc) is 2.77. The lowest BCUT2D eigenvalue weighted by Crippen LogP contribution is -2.61. The van der Waals surface area contributed by atoms with Gasteiger partial charge in [0.25, 0.3) is 0 Å². The number of phenolic OH excluding ortho intramolecular Hbond substituents is 2. The molecule has 4 rings (SSSR count). The van der Waals surface area contributed by atoms with Crippen molar-refractivity contribution in [1.29, 1.82) is 0 Å². The van der Waals surface area contributed by atoms with Gasteiger partial charge in [-0.1, -0.05) is 30.3 Å². The third-order valence-corrected chi connectivity index (χ3v) is 5.05. The summed E-state index contributed by atoms with van der Waals surface area (Å²) >= 11 is 0. The fourth-order valence-electron chi connectivity index (χ4n) is 3.38. The van der Waals surface area contributed by atoms with E-state index in [1.54, 1.807) is 30.3 Å². The van der Waals surface area contributed by atoms with Crippen molar-refractivity contribution in [1.82, 2.24) is 0 Å². The molecule has 11 heteroatoms. The predicted molar refractivity (Wildman–Crippen MR) is 106 cm³/mol. The standard InChI is InChI=1S/C21H18O11/c22-9-6-10(8-4-2-1-3-5-8)30-11-7-12(14(23)15(24)13(9)11)31-21-18(27)16(25)17(26)19(32-21)20(28)29/h1-7,16-19,21,23-27H,(H,28,29)/t16-,17+,18+,19-,21+/m1/s1. The zero-order valence-electron chi connectivity index (χ0n) is 16.2. The Kier molecular flexibility index (Phi) is 5.48. The molecule has 11 nitrogen and oxygen atoms in total. The second-order valence-corrected chi connectivity index (χ2v) is 7.14. The smallest absolute Gasteiger partial charge is 0.335 e. The van der Waals surface area contributed by atoms with Crippen molar-refractivity contribution in [3.63, 3.8) is 0 Å². The second kappa shape index (κ2) is 8.13. The third-order valence-electron chi connectivity index (χ3n) is 5.05. The molecule has 5 atom stereocenters. The highest BCUT2D eigenvalue weighted by Gasteiger charge is 2.48. The van der Waals surface area contributed by atoms with Crippen LogP contribution in [0.3, 0.4) is 0 Å². The highest BCUT2D eigenvalue weighted by Crippen LogP contribution is 2.42. The molecule has 6 N–H and O–H groups in total. The first-order valence-electron chi connectivity index (χ1n) is 9.36. The Hall–Kier alpha value is -3.64. The lowest BCUT2D eigenvalue weighted by molar-refractivity contribution is -0.271. The maximum atomic E-state index is 12.5. The fourth-order valence-corrected chi connectivity index (χ4v) is 3.38. The maximum absolute atomic E-state index is 12.5. The molecular weight excluding hydrogens is 428 g/mol. The Balaban J connectivity index is 1.77. The Morgan fingerprint density at radius 3 is 2.28 bits per heavy atom. The van der Waals surface area contributed by atoms with Gasteiger partial charge in [0.2, 0.25) is 12.0 Å². The van der Waals surface area contributed by atoms with Crippen molar-refractivity contribution in [2.75, 3.05) is 0 Å². The van der Waals surface area contributed by atoms with Gasteiger partial charge in [0.15, 0.2) is 23.0 Å². The van der Waals surface area contributed by atoms with Crippen molar-refractivity contribution in [3.8, 4) is 28.6 Å². The first-order chi connectivity index (χ1) is 15.2. The first kappa shape index (κ1) is 21.6. The molecule has 0 amide bonds. The molecule has 2 aromatic carbocycles. The van der Waals surface area contributed by atoms with E-state index in [4.69, 9.17) is 19.0 Å². The molecule has 1 fully saturated rings. The minimum atomic E-state index is -1.94. The SMILES string of the molecule is O=C(O)[C@@H]1O[C@H](Oc2cc3oc(-c4ccccc4)cc(=O)c3c(O)c2O)[C@@H](O)[C@H](O)[C@@H]1O. The number of benzene rings is 2. The number of aliphatic carboxylic acids is 1. The van der Waals surface area contributed by atoms with E-state index in [-0.39, 0.29) is 16.7 Å². The number of hydrogen-bond donors (Lipinski definition) is 6. The minimum Gasteiger partial charge on any atom is -0.504 e. The Morgan fingerprint density at radius 2 is 1.62 bits per heavy atom. The predicted octanol–water partition coefficient (Wildman–Crippen LogP) is 0.142. The molecular formula is C21H18O11.